The van der Waals surface area contributed by atoms with Crippen LogP contribution in [0.2, 0.25) is 15.1 Å². The van der Waals surface area contributed by atoms with Gasteiger partial charge in [-0.3, -0.25) is 4.79 Å². The third-order valence-corrected chi connectivity index (χ3v) is 7.55. The number of carbonyl (C=O) groups is 1. The molecular weight excluding hydrogens is 461 g/mol. The molecule has 1 aromatic heterocycles. The summed E-state index contributed by atoms with van der Waals surface area (Å²) in [6.45, 7) is 2.81. The number of carbonyl (C=O) groups excluding carboxylic acids is 1. The molecule has 1 saturated heterocycles. The van der Waals surface area contributed by atoms with Crippen molar-refractivity contribution >= 4 is 50.7 Å². The lowest BCUT2D eigenvalue weighted by Gasteiger charge is -2.34. The minimum atomic E-state index is -3.83. The smallest absolute Gasteiger partial charge is 0.274 e. The van der Waals surface area contributed by atoms with E-state index in [0.717, 1.165) is 0 Å². The number of hydrogen-bond acceptors (Lipinski definition) is 5. The zero-order chi connectivity index (χ0) is 21.2. The Balaban J connectivity index is 1.74. The van der Waals surface area contributed by atoms with E-state index in [0.29, 0.717) is 12.5 Å². The van der Waals surface area contributed by atoms with E-state index < -0.39 is 10.0 Å². The van der Waals surface area contributed by atoms with Gasteiger partial charge >= 0.3 is 0 Å². The SMILES string of the molecule is CCOc1ccc(Cl)c(C(=O)N2CCN(S(=O)(=O)c3cccc(Cl)c3Cl)CC2)n1. The Kier molecular flexibility index (Phi) is 6.90. The van der Waals surface area contributed by atoms with E-state index in [9.17, 15) is 13.2 Å². The lowest BCUT2D eigenvalue weighted by Crippen LogP contribution is -2.50. The van der Waals surface area contributed by atoms with Crippen molar-refractivity contribution in [2.24, 2.45) is 0 Å². The normalized spacial score (nSPS) is 15.4. The summed E-state index contributed by atoms with van der Waals surface area (Å²) in [5.41, 5.74) is 0.0757. The summed E-state index contributed by atoms with van der Waals surface area (Å²) in [5, 5.41) is 0.354. The van der Waals surface area contributed by atoms with Gasteiger partial charge in [0.1, 0.15) is 4.90 Å². The Morgan fingerprint density at radius 1 is 1.07 bits per heavy atom. The van der Waals surface area contributed by atoms with E-state index in [-0.39, 0.29) is 57.7 Å². The highest BCUT2D eigenvalue weighted by atomic mass is 35.5. The largest absolute Gasteiger partial charge is 0.478 e. The molecule has 11 heteroatoms. The van der Waals surface area contributed by atoms with Gasteiger partial charge in [-0.05, 0) is 25.1 Å². The van der Waals surface area contributed by atoms with Crippen LogP contribution in [0.25, 0.3) is 0 Å². The van der Waals surface area contributed by atoms with Gasteiger partial charge < -0.3 is 9.64 Å². The van der Waals surface area contributed by atoms with Gasteiger partial charge in [0.2, 0.25) is 15.9 Å². The van der Waals surface area contributed by atoms with E-state index in [2.05, 4.69) is 4.98 Å². The molecule has 0 aliphatic carbocycles. The Hall–Kier alpha value is -1.58. The Morgan fingerprint density at radius 3 is 2.41 bits per heavy atom. The van der Waals surface area contributed by atoms with E-state index in [1.165, 1.54) is 27.4 Å². The molecule has 0 atom stereocenters. The van der Waals surface area contributed by atoms with E-state index in [1.807, 2.05) is 6.92 Å². The number of halogens is 3. The van der Waals surface area contributed by atoms with Gasteiger partial charge in [-0.1, -0.05) is 40.9 Å². The highest BCUT2D eigenvalue weighted by Gasteiger charge is 2.33. The van der Waals surface area contributed by atoms with Crippen LogP contribution in [-0.2, 0) is 10.0 Å². The van der Waals surface area contributed by atoms with E-state index in [1.54, 1.807) is 12.1 Å². The molecule has 3 rings (SSSR count). The molecule has 1 fully saturated rings. The summed E-state index contributed by atoms with van der Waals surface area (Å²) >= 11 is 18.1. The zero-order valence-electron chi connectivity index (χ0n) is 15.4. The molecule has 2 heterocycles. The molecule has 0 spiro atoms. The summed E-state index contributed by atoms with van der Waals surface area (Å²) in [7, 11) is -3.83. The average molecular weight is 479 g/mol. The zero-order valence-corrected chi connectivity index (χ0v) is 18.5. The number of nitrogens with zero attached hydrogens (tertiary/aromatic N) is 3. The first-order valence-electron chi connectivity index (χ1n) is 8.78. The van der Waals surface area contributed by atoms with Crippen LogP contribution in [0.3, 0.4) is 0 Å². The average Bonchev–Trinajstić information content (AvgIpc) is 2.71. The molecule has 0 saturated carbocycles. The first-order chi connectivity index (χ1) is 13.8. The Labute approximate surface area is 184 Å². The lowest BCUT2D eigenvalue weighted by atomic mass is 10.2. The van der Waals surface area contributed by atoms with Crippen LogP contribution >= 0.6 is 34.8 Å². The molecule has 0 unspecified atom stereocenters. The number of pyridine rings is 1. The summed E-state index contributed by atoms with van der Waals surface area (Å²) in [5.74, 6) is -0.0774. The number of hydrogen-bond donors (Lipinski definition) is 0. The van der Waals surface area contributed by atoms with Crippen LogP contribution in [-0.4, -0.2) is 61.3 Å². The molecule has 1 aliphatic rings. The fourth-order valence-electron chi connectivity index (χ4n) is 2.91. The molecule has 7 nitrogen and oxygen atoms in total. The quantitative estimate of drug-likeness (QED) is 0.656. The summed E-state index contributed by atoms with van der Waals surface area (Å²) < 4.78 is 32.4. The number of aromatic nitrogens is 1. The third-order valence-electron chi connectivity index (χ3n) is 4.38. The first kappa shape index (κ1) is 22.1. The molecule has 0 N–H and O–H groups in total. The van der Waals surface area contributed by atoms with Crippen LogP contribution in [0.5, 0.6) is 5.88 Å². The van der Waals surface area contributed by atoms with Crippen molar-refractivity contribution in [3.8, 4) is 5.88 Å². The summed E-state index contributed by atoms with van der Waals surface area (Å²) in [4.78, 5) is 18.4. The predicted molar refractivity (Wildman–Crippen MR) is 112 cm³/mol. The van der Waals surface area contributed by atoms with Gasteiger partial charge in [0, 0.05) is 32.2 Å². The van der Waals surface area contributed by atoms with Gasteiger partial charge in [-0.25, -0.2) is 13.4 Å². The minimum absolute atomic E-state index is 0.0172. The Morgan fingerprint density at radius 2 is 1.76 bits per heavy atom. The molecule has 0 radical (unpaired) electrons. The van der Waals surface area contributed by atoms with Crippen molar-refractivity contribution in [2.75, 3.05) is 32.8 Å². The molecule has 1 aromatic carbocycles. The van der Waals surface area contributed by atoms with Crippen molar-refractivity contribution in [2.45, 2.75) is 11.8 Å². The standard InChI is InChI=1S/C18H18Cl3N3O4S/c1-2-28-15-7-6-13(20)17(22-15)18(25)23-8-10-24(11-9-23)29(26,27)14-5-3-4-12(19)16(14)21/h3-7H,2,8-11H2,1H3. The van der Waals surface area contributed by atoms with Crippen molar-refractivity contribution in [3.63, 3.8) is 0 Å². The third kappa shape index (κ3) is 4.62. The number of amides is 1. The molecular formula is C18H18Cl3N3O4S. The summed E-state index contributed by atoms with van der Waals surface area (Å²) in [6.07, 6.45) is 0. The summed E-state index contributed by atoms with van der Waals surface area (Å²) in [6, 6.07) is 7.59. The predicted octanol–water partition coefficient (Wildman–Crippen LogP) is 3.59. The maximum Gasteiger partial charge on any atom is 0.274 e. The van der Waals surface area contributed by atoms with Crippen LogP contribution in [0.1, 0.15) is 17.4 Å². The van der Waals surface area contributed by atoms with Crippen LogP contribution in [0, 0.1) is 0 Å². The van der Waals surface area contributed by atoms with Gasteiger partial charge in [0.05, 0.1) is 21.7 Å². The second-order valence-corrected chi connectivity index (χ2v) is 9.26. The van der Waals surface area contributed by atoms with Crippen molar-refractivity contribution in [1.29, 1.82) is 0 Å². The van der Waals surface area contributed by atoms with Crippen molar-refractivity contribution in [3.05, 3.63) is 51.1 Å². The van der Waals surface area contributed by atoms with E-state index in [4.69, 9.17) is 39.5 Å². The molecule has 156 valence electrons. The van der Waals surface area contributed by atoms with Gasteiger partial charge in [-0.2, -0.15) is 4.31 Å². The molecule has 2 aromatic rings. The maximum atomic E-state index is 12.9. The van der Waals surface area contributed by atoms with Crippen LogP contribution in [0.4, 0.5) is 0 Å². The number of rotatable bonds is 5. The van der Waals surface area contributed by atoms with Crippen molar-refractivity contribution in [1.82, 2.24) is 14.2 Å². The highest BCUT2D eigenvalue weighted by molar-refractivity contribution is 7.89. The van der Waals surface area contributed by atoms with Crippen molar-refractivity contribution < 1.29 is 17.9 Å². The van der Waals surface area contributed by atoms with Crippen LogP contribution < -0.4 is 4.74 Å². The molecule has 0 bridgehead atoms. The monoisotopic (exact) mass is 477 g/mol. The van der Waals surface area contributed by atoms with Gasteiger partial charge in [0.25, 0.3) is 5.91 Å². The number of ether oxygens (including phenoxy) is 1. The van der Waals surface area contributed by atoms with Gasteiger partial charge in [0.15, 0.2) is 5.69 Å². The molecule has 1 aliphatic heterocycles. The first-order valence-corrected chi connectivity index (χ1v) is 11.4. The fourth-order valence-corrected chi connectivity index (χ4v) is 5.25. The molecule has 1 amide bonds. The van der Waals surface area contributed by atoms with Gasteiger partial charge in [-0.15, -0.1) is 0 Å². The number of piperazine rings is 1. The topological polar surface area (TPSA) is 79.8 Å². The second kappa shape index (κ2) is 9.06. The highest BCUT2D eigenvalue weighted by Crippen LogP contribution is 2.31. The lowest BCUT2D eigenvalue weighted by molar-refractivity contribution is 0.0691. The number of benzene rings is 1. The molecule has 29 heavy (non-hydrogen) atoms. The second-order valence-electron chi connectivity index (χ2n) is 6.16. The van der Waals surface area contributed by atoms with Crippen LogP contribution in [0.15, 0.2) is 35.2 Å². The Bertz CT molecular complexity index is 1030. The number of sulfonamides is 1. The fraction of sp³-hybridized carbons (Fsp3) is 0.333. The van der Waals surface area contributed by atoms with E-state index >= 15 is 0 Å². The minimum Gasteiger partial charge on any atom is -0.478 e. The maximum absolute atomic E-state index is 12.9.